The molecular formula is C26H34N3O8P. The summed E-state index contributed by atoms with van der Waals surface area (Å²) in [5.41, 5.74) is -0.725. The molecule has 4 rings (SSSR count). The summed E-state index contributed by atoms with van der Waals surface area (Å²) in [6, 6.07) is 7.52. The fourth-order valence-corrected chi connectivity index (χ4v) is 5.87. The van der Waals surface area contributed by atoms with E-state index < -0.39 is 43.3 Å². The molecule has 4 atom stereocenters. The van der Waals surface area contributed by atoms with Crippen molar-refractivity contribution in [1.29, 1.82) is 0 Å². The van der Waals surface area contributed by atoms with Gasteiger partial charge >= 0.3 is 19.4 Å². The van der Waals surface area contributed by atoms with Crippen LogP contribution in [0.1, 0.15) is 50.8 Å². The van der Waals surface area contributed by atoms with Crippen LogP contribution >= 0.6 is 7.75 Å². The van der Waals surface area contributed by atoms with Crippen molar-refractivity contribution in [1.82, 2.24) is 14.6 Å². The van der Waals surface area contributed by atoms with E-state index in [-0.39, 0.29) is 6.61 Å². The summed E-state index contributed by atoms with van der Waals surface area (Å²) < 4.78 is 37.6. The Morgan fingerprint density at radius 1 is 1.16 bits per heavy atom. The highest BCUT2D eigenvalue weighted by molar-refractivity contribution is 7.52. The fourth-order valence-electron chi connectivity index (χ4n) is 4.37. The SMILES string of the molecule is Cc1cn([C@H]2C=C[C@@H](COP(=O)(NC(C)C(=O)OCC3CCCCC3)Oc3ccccc3)O2)c(=O)[nH]c1=O. The van der Waals surface area contributed by atoms with Gasteiger partial charge in [0.05, 0.1) is 13.2 Å². The van der Waals surface area contributed by atoms with E-state index in [1.807, 2.05) is 0 Å². The molecule has 0 radical (unpaired) electrons. The molecule has 11 nitrogen and oxygen atoms in total. The molecule has 2 heterocycles. The Morgan fingerprint density at radius 2 is 1.89 bits per heavy atom. The van der Waals surface area contributed by atoms with Gasteiger partial charge in [0.15, 0.2) is 6.23 Å². The van der Waals surface area contributed by atoms with E-state index >= 15 is 0 Å². The molecule has 2 N–H and O–H groups in total. The minimum Gasteiger partial charge on any atom is -0.464 e. The zero-order chi connectivity index (χ0) is 27.1. The number of nitrogens with one attached hydrogen (secondary N) is 2. The Labute approximate surface area is 220 Å². The van der Waals surface area contributed by atoms with Crippen molar-refractivity contribution < 1.29 is 27.9 Å². The molecular weight excluding hydrogens is 513 g/mol. The van der Waals surface area contributed by atoms with Crippen LogP contribution in [0.3, 0.4) is 0 Å². The summed E-state index contributed by atoms with van der Waals surface area (Å²) in [6.45, 7) is 3.27. The van der Waals surface area contributed by atoms with Crippen LogP contribution < -0.4 is 20.9 Å². The molecule has 1 aliphatic carbocycles. The van der Waals surface area contributed by atoms with Crippen molar-refractivity contribution in [2.75, 3.05) is 13.2 Å². The number of esters is 1. The second-order valence-corrected chi connectivity index (χ2v) is 11.3. The molecule has 2 aromatic rings. The Balaban J connectivity index is 1.38. The first kappa shape index (κ1) is 28.0. The highest BCUT2D eigenvalue weighted by atomic mass is 31.2. The van der Waals surface area contributed by atoms with Gasteiger partial charge in [0.2, 0.25) is 0 Å². The third kappa shape index (κ3) is 7.54. The summed E-state index contributed by atoms with van der Waals surface area (Å²) in [5.74, 6) is 0.101. The molecule has 38 heavy (non-hydrogen) atoms. The van der Waals surface area contributed by atoms with Gasteiger partial charge in [-0.05, 0) is 50.8 Å². The molecule has 0 saturated heterocycles. The summed E-state index contributed by atoms with van der Waals surface area (Å²) >= 11 is 0. The minimum absolute atomic E-state index is 0.189. The second kappa shape index (κ2) is 12.7. The number of H-pyrrole nitrogens is 1. The van der Waals surface area contributed by atoms with Crippen LogP contribution in [0, 0.1) is 12.8 Å². The van der Waals surface area contributed by atoms with Gasteiger partial charge in [-0.2, -0.15) is 5.09 Å². The van der Waals surface area contributed by atoms with Gasteiger partial charge in [0.25, 0.3) is 5.56 Å². The molecule has 12 heteroatoms. The monoisotopic (exact) mass is 547 g/mol. The van der Waals surface area contributed by atoms with Gasteiger partial charge in [0.1, 0.15) is 17.9 Å². The van der Waals surface area contributed by atoms with Crippen LogP contribution in [-0.4, -0.2) is 40.9 Å². The molecule has 1 aliphatic heterocycles. The van der Waals surface area contributed by atoms with Crippen molar-refractivity contribution in [3.8, 4) is 5.75 Å². The van der Waals surface area contributed by atoms with Crippen LogP contribution in [0.25, 0.3) is 0 Å². The van der Waals surface area contributed by atoms with E-state index in [0.717, 1.165) is 25.7 Å². The molecule has 0 spiro atoms. The smallest absolute Gasteiger partial charge is 0.459 e. The van der Waals surface area contributed by atoms with E-state index in [2.05, 4.69) is 10.1 Å². The largest absolute Gasteiger partial charge is 0.464 e. The number of nitrogens with zero attached hydrogens (tertiary/aromatic N) is 1. The first-order chi connectivity index (χ1) is 18.2. The van der Waals surface area contributed by atoms with E-state index in [1.165, 1.54) is 17.2 Å². The van der Waals surface area contributed by atoms with Gasteiger partial charge < -0.3 is 14.0 Å². The lowest BCUT2D eigenvalue weighted by molar-refractivity contribution is -0.147. The van der Waals surface area contributed by atoms with Crippen molar-refractivity contribution >= 4 is 13.7 Å². The van der Waals surface area contributed by atoms with E-state index in [0.29, 0.717) is 23.8 Å². The Kier molecular flexibility index (Phi) is 9.38. The standard InChI is InChI=1S/C26H34N3O8P/c1-18-15-29(26(32)27-24(18)30)23-14-13-22(36-23)17-35-38(33,37-21-11-7-4-8-12-21)28-19(2)25(31)34-16-20-9-5-3-6-10-20/h4,7-8,11-15,19-20,22-23H,3,5-6,9-10,16-17H2,1-2H3,(H,28,33)(H,27,30,32)/t19?,22-,23+,38?/m0/s1. The third-order valence-electron chi connectivity index (χ3n) is 6.49. The predicted molar refractivity (Wildman–Crippen MR) is 140 cm³/mol. The number of ether oxygens (including phenoxy) is 2. The van der Waals surface area contributed by atoms with Crippen LogP contribution in [0.4, 0.5) is 0 Å². The topological polar surface area (TPSA) is 138 Å². The van der Waals surface area contributed by atoms with Crippen LogP contribution in [0.2, 0.25) is 0 Å². The molecule has 206 valence electrons. The predicted octanol–water partition coefficient (Wildman–Crippen LogP) is 3.60. The first-order valence-electron chi connectivity index (χ1n) is 12.8. The fraction of sp³-hybridized carbons (Fsp3) is 0.500. The van der Waals surface area contributed by atoms with Crippen LogP contribution in [0.5, 0.6) is 5.75 Å². The Bertz CT molecular complexity index is 1290. The Morgan fingerprint density at radius 3 is 2.63 bits per heavy atom. The molecule has 0 bridgehead atoms. The first-order valence-corrected chi connectivity index (χ1v) is 14.4. The van der Waals surface area contributed by atoms with Gasteiger partial charge in [-0.25, -0.2) is 9.36 Å². The van der Waals surface area contributed by atoms with Crippen molar-refractivity contribution in [2.45, 2.75) is 64.3 Å². The van der Waals surface area contributed by atoms with Gasteiger partial charge in [-0.1, -0.05) is 43.5 Å². The number of benzene rings is 1. The maximum atomic E-state index is 13.7. The number of carbonyl (C=O) groups is 1. The summed E-state index contributed by atoms with van der Waals surface area (Å²) in [6.07, 6.45) is 8.82. The molecule has 0 amide bonds. The number of para-hydroxylation sites is 1. The maximum absolute atomic E-state index is 13.7. The Hall–Kier alpha value is -2.98. The van der Waals surface area contributed by atoms with Gasteiger partial charge in [0, 0.05) is 11.8 Å². The van der Waals surface area contributed by atoms with Crippen LogP contribution in [0.15, 0.2) is 58.3 Å². The molecule has 1 aromatic heterocycles. The van der Waals surface area contributed by atoms with Crippen LogP contribution in [-0.2, 0) is 23.4 Å². The number of aromatic amines is 1. The van der Waals surface area contributed by atoms with Crippen molar-refractivity contribution in [2.24, 2.45) is 5.92 Å². The number of rotatable bonds is 11. The van der Waals surface area contributed by atoms with E-state index in [9.17, 15) is 18.9 Å². The van der Waals surface area contributed by atoms with Crippen molar-refractivity contribution in [3.05, 3.63) is 75.1 Å². The second-order valence-electron chi connectivity index (χ2n) is 9.61. The third-order valence-corrected chi connectivity index (χ3v) is 8.14. The number of carbonyl (C=O) groups excluding carboxylic acids is 1. The highest BCUT2D eigenvalue weighted by Crippen LogP contribution is 2.45. The lowest BCUT2D eigenvalue weighted by Gasteiger charge is -2.25. The zero-order valence-electron chi connectivity index (χ0n) is 21.5. The quantitative estimate of drug-likeness (QED) is 0.245. The molecule has 1 fully saturated rings. The van der Waals surface area contributed by atoms with E-state index in [4.69, 9.17) is 18.5 Å². The van der Waals surface area contributed by atoms with Crippen molar-refractivity contribution in [3.63, 3.8) is 0 Å². The molecule has 1 saturated carbocycles. The summed E-state index contributed by atoms with van der Waals surface area (Å²) in [5, 5.41) is 2.68. The van der Waals surface area contributed by atoms with Gasteiger partial charge in [-0.3, -0.25) is 23.7 Å². The summed E-state index contributed by atoms with van der Waals surface area (Å²) in [7, 11) is -4.06. The molecule has 2 unspecified atom stereocenters. The van der Waals surface area contributed by atoms with Gasteiger partial charge in [-0.15, -0.1) is 0 Å². The summed E-state index contributed by atoms with van der Waals surface area (Å²) in [4.78, 5) is 38.7. The minimum atomic E-state index is -4.06. The van der Waals surface area contributed by atoms with E-state index in [1.54, 1.807) is 56.3 Å². The normalized spacial score (nSPS) is 22.1. The lowest BCUT2D eigenvalue weighted by atomic mass is 9.90. The number of hydrogen-bond acceptors (Lipinski definition) is 8. The average Bonchev–Trinajstić information content (AvgIpc) is 3.38. The molecule has 1 aromatic carbocycles. The number of aryl methyl sites for hydroxylation is 1. The zero-order valence-corrected chi connectivity index (χ0v) is 22.4. The number of hydrogen-bond donors (Lipinski definition) is 2. The lowest BCUT2D eigenvalue weighted by Crippen LogP contribution is -2.36. The maximum Gasteiger partial charge on any atom is 0.459 e. The average molecular weight is 548 g/mol. The number of aromatic nitrogens is 2. The highest BCUT2D eigenvalue weighted by Gasteiger charge is 2.34. The molecule has 2 aliphatic rings.